The standard InChI is InChI=1S/C24H24N2OS/c1-17(2)28-22-6-3-18(4-7-22)15-24(27)26-14-11-21-16-20(5-8-23(21)26)19-9-12-25-13-10-19/h3-10,12-13,16-17H,11,14-15H2,1-2H3. The Labute approximate surface area is 170 Å². The maximum absolute atomic E-state index is 12.9. The monoisotopic (exact) mass is 388 g/mol. The molecule has 3 aromatic rings. The molecule has 1 aliphatic rings. The van der Waals surface area contributed by atoms with Crippen LogP contribution in [0.5, 0.6) is 0 Å². The van der Waals surface area contributed by atoms with E-state index >= 15 is 0 Å². The SMILES string of the molecule is CC(C)Sc1ccc(CC(=O)N2CCc3cc(-c4ccncc4)ccc32)cc1. The fraction of sp³-hybridized carbons (Fsp3) is 0.250. The molecule has 28 heavy (non-hydrogen) atoms. The number of carbonyl (C=O) groups excluding carboxylic acids is 1. The molecule has 1 aromatic heterocycles. The van der Waals surface area contributed by atoms with Crippen molar-refractivity contribution in [3.63, 3.8) is 0 Å². The van der Waals surface area contributed by atoms with Crippen molar-refractivity contribution in [2.24, 2.45) is 0 Å². The molecule has 2 heterocycles. The molecule has 1 aliphatic heterocycles. The number of benzene rings is 2. The van der Waals surface area contributed by atoms with Gasteiger partial charge in [-0.1, -0.05) is 32.0 Å². The number of carbonyl (C=O) groups is 1. The van der Waals surface area contributed by atoms with Crippen LogP contribution >= 0.6 is 11.8 Å². The first-order valence-corrected chi connectivity index (χ1v) is 10.6. The summed E-state index contributed by atoms with van der Waals surface area (Å²) in [6, 6.07) is 18.8. The molecule has 0 saturated carbocycles. The third-order valence-electron chi connectivity index (χ3n) is 4.94. The van der Waals surface area contributed by atoms with Gasteiger partial charge >= 0.3 is 0 Å². The number of anilines is 1. The molecule has 0 N–H and O–H groups in total. The second-order valence-electron chi connectivity index (χ2n) is 7.36. The van der Waals surface area contributed by atoms with E-state index in [9.17, 15) is 4.79 Å². The molecule has 0 aliphatic carbocycles. The number of hydrogen-bond acceptors (Lipinski definition) is 3. The lowest BCUT2D eigenvalue weighted by Crippen LogP contribution is -2.30. The van der Waals surface area contributed by atoms with Crippen molar-refractivity contribution in [3.05, 3.63) is 78.1 Å². The van der Waals surface area contributed by atoms with Crippen molar-refractivity contribution < 1.29 is 4.79 Å². The predicted molar refractivity (Wildman–Crippen MR) is 117 cm³/mol. The summed E-state index contributed by atoms with van der Waals surface area (Å²) < 4.78 is 0. The number of nitrogens with zero attached hydrogens (tertiary/aromatic N) is 2. The van der Waals surface area contributed by atoms with Gasteiger partial charge in [0.15, 0.2) is 0 Å². The van der Waals surface area contributed by atoms with E-state index in [2.05, 4.69) is 61.3 Å². The largest absolute Gasteiger partial charge is 0.312 e. The fourth-order valence-corrected chi connectivity index (χ4v) is 4.45. The van der Waals surface area contributed by atoms with E-state index in [1.807, 2.05) is 41.2 Å². The van der Waals surface area contributed by atoms with E-state index in [1.165, 1.54) is 16.0 Å². The third-order valence-corrected chi connectivity index (χ3v) is 5.96. The summed E-state index contributed by atoms with van der Waals surface area (Å²) in [5.41, 5.74) is 5.69. The van der Waals surface area contributed by atoms with E-state index in [1.54, 1.807) is 0 Å². The molecular weight excluding hydrogens is 364 g/mol. The van der Waals surface area contributed by atoms with Crippen molar-refractivity contribution in [1.29, 1.82) is 0 Å². The van der Waals surface area contributed by atoms with Gasteiger partial charge in [-0.25, -0.2) is 0 Å². The second kappa shape index (κ2) is 8.19. The lowest BCUT2D eigenvalue weighted by Gasteiger charge is -2.18. The van der Waals surface area contributed by atoms with Gasteiger partial charge in [-0.3, -0.25) is 9.78 Å². The number of hydrogen-bond donors (Lipinski definition) is 0. The lowest BCUT2D eigenvalue weighted by molar-refractivity contribution is -0.117. The second-order valence-corrected chi connectivity index (χ2v) is 9.01. The van der Waals surface area contributed by atoms with Crippen LogP contribution in [0.1, 0.15) is 25.0 Å². The van der Waals surface area contributed by atoms with Gasteiger partial charge in [0.1, 0.15) is 0 Å². The Morgan fingerprint density at radius 2 is 1.79 bits per heavy atom. The topological polar surface area (TPSA) is 33.2 Å². The first-order chi connectivity index (χ1) is 13.6. The molecule has 0 atom stereocenters. The number of pyridine rings is 1. The average Bonchev–Trinajstić information content (AvgIpc) is 3.13. The van der Waals surface area contributed by atoms with E-state index in [-0.39, 0.29) is 5.91 Å². The molecule has 1 amide bonds. The summed E-state index contributed by atoms with van der Waals surface area (Å²) in [7, 11) is 0. The Kier molecular flexibility index (Phi) is 5.49. The van der Waals surface area contributed by atoms with Crippen LogP contribution in [0.2, 0.25) is 0 Å². The number of aromatic nitrogens is 1. The summed E-state index contributed by atoms with van der Waals surface area (Å²) >= 11 is 1.84. The zero-order valence-electron chi connectivity index (χ0n) is 16.3. The summed E-state index contributed by atoms with van der Waals surface area (Å²) in [5.74, 6) is 0.166. The Morgan fingerprint density at radius 1 is 1.04 bits per heavy atom. The highest BCUT2D eigenvalue weighted by Crippen LogP contribution is 2.32. The van der Waals surface area contributed by atoms with Gasteiger partial charge in [-0.2, -0.15) is 0 Å². The van der Waals surface area contributed by atoms with Crippen LogP contribution in [0, 0.1) is 0 Å². The van der Waals surface area contributed by atoms with Crippen LogP contribution in [0.4, 0.5) is 5.69 Å². The van der Waals surface area contributed by atoms with Gasteiger partial charge in [-0.05, 0) is 65.1 Å². The quantitative estimate of drug-likeness (QED) is 0.550. The van der Waals surface area contributed by atoms with Crippen LogP contribution < -0.4 is 4.90 Å². The molecule has 142 valence electrons. The van der Waals surface area contributed by atoms with Crippen molar-refractivity contribution in [2.75, 3.05) is 11.4 Å². The highest BCUT2D eigenvalue weighted by Gasteiger charge is 2.24. The number of fused-ring (bicyclic) bond motifs is 1. The van der Waals surface area contributed by atoms with Crippen LogP contribution in [0.3, 0.4) is 0 Å². The minimum atomic E-state index is 0.166. The Balaban J connectivity index is 1.47. The van der Waals surface area contributed by atoms with Gasteiger partial charge < -0.3 is 4.90 Å². The van der Waals surface area contributed by atoms with Crippen molar-refractivity contribution >= 4 is 23.4 Å². The highest BCUT2D eigenvalue weighted by molar-refractivity contribution is 7.99. The van der Waals surface area contributed by atoms with Crippen LogP contribution in [0.15, 0.2) is 71.9 Å². The van der Waals surface area contributed by atoms with Crippen LogP contribution in [0.25, 0.3) is 11.1 Å². The molecule has 0 saturated heterocycles. The van der Waals surface area contributed by atoms with Crippen LogP contribution in [-0.4, -0.2) is 22.7 Å². The van der Waals surface area contributed by atoms with Crippen molar-refractivity contribution in [2.45, 2.75) is 36.8 Å². The van der Waals surface area contributed by atoms with Crippen molar-refractivity contribution in [1.82, 2.24) is 4.98 Å². The molecule has 0 radical (unpaired) electrons. The molecule has 2 aromatic carbocycles. The van der Waals surface area contributed by atoms with Gasteiger partial charge in [0.2, 0.25) is 5.91 Å². The molecule has 0 unspecified atom stereocenters. The molecule has 4 rings (SSSR count). The maximum Gasteiger partial charge on any atom is 0.231 e. The summed E-state index contributed by atoms with van der Waals surface area (Å²) in [6.07, 6.45) is 4.97. The molecule has 3 nitrogen and oxygen atoms in total. The number of rotatable bonds is 5. The molecule has 0 bridgehead atoms. The zero-order chi connectivity index (χ0) is 19.5. The van der Waals surface area contributed by atoms with Crippen LogP contribution in [-0.2, 0) is 17.6 Å². The first-order valence-electron chi connectivity index (χ1n) is 9.69. The van der Waals surface area contributed by atoms with Crippen molar-refractivity contribution in [3.8, 4) is 11.1 Å². The van der Waals surface area contributed by atoms with Gasteiger partial charge in [0, 0.05) is 34.8 Å². The first kappa shape index (κ1) is 18.8. The van der Waals surface area contributed by atoms with Gasteiger partial charge in [-0.15, -0.1) is 11.8 Å². The minimum Gasteiger partial charge on any atom is -0.312 e. The van der Waals surface area contributed by atoms with E-state index in [0.29, 0.717) is 11.7 Å². The zero-order valence-corrected chi connectivity index (χ0v) is 17.1. The Morgan fingerprint density at radius 3 is 2.50 bits per heavy atom. The molecular formula is C24H24N2OS. The van der Waals surface area contributed by atoms with E-state index < -0.39 is 0 Å². The average molecular weight is 389 g/mol. The summed E-state index contributed by atoms with van der Waals surface area (Å²) in [4.78, 5) is 20.2. The van der Waals surface area contributed by atoms with Gasteiger partial charge in [0.05, 0.1) is 6.42 Å². The summed E-state index contributed by atoms with van der Waals surface area (Å²) in [6.45, 7) is 5.13. The summed E-state index contributed by atoms with van der Waals surface area (Å²) in [5, 5.41) is 0.561. The normalized spacial score (nSPS) is 13.0. The number of thioether (sulfide) groups is 1. The molecule has 4 heteroatoms. The minimum absolute atomic E-state index is 0.166. The Bertz CT molecular complexity index is 968. The maximum atomic E-state index is 12.9. The molecule has 0 fully saturated rings. The smallest absolute Gasteiger partial charge is 0.231 e. The highest BCUT2D eigenvalue weighted by atomic mass is 32.2. The molecule has 0 spiro atoms. The van der Waals surface area contributed by atoms with Gasteiger partial charge in [0.25, 0.3) is 0 Å². The lowest BCUT2D eigenvalue weighted by atomic mass is 10.0. The van der Waals surface area contributed by atoms with E-state index in [0.717, 1.165) is 29.8 Å². The predicted octanol–water partition coefficient (Wildman–Crippen LogP) is 5.38. The fourth-order valence-electron chi connectivity index (χ4n) is 3.61. The third kappa shape index (κ3) is 4.12. The Hall–Kier alpha value is -2.59. The number of amides is 1. The van der Waals surface area contributed by atoms with E-state index in [4.69, 9.17) is 0 Å².